The minimum absolute atomic E-state index is 0.104. The van der Waals surface area contributed by atoms with Gasteiger partial charge in [-0.2, -0.15) is 0 Å². The van der Waals surface area contributed by atoms with Crippen LogP contribution in [0.4, 0.5) is 0 Å². The number of hydrogen-bond donors (Lipinski definition) is 1. The summed E-state index contributed by atoms with van der Waals surface area (Å²) in [6, 6.07) is 3.54. The third-order valence-corrected chi connectivity index (χ3v) is 3.86. The van der Waals surface area contributed by atoms with E-state index in [4.69, 9.17) is 4.74 Å². The topological polar surface area (TPSA) is 51.2 Å². The van der Waals surface area contributed by atoms with E-state index in [9.17, 15) is 4.79 Å². The molecule has 1 amide bonds. The quantitative estimate of drug-likeness (QED) is 0.925. The summed E-state index contributed by atoms with van der Waals surface area (Å²) in [6.07, 6.45) is 5.18. The number of ether oxygens (including phenoxy) is 1. The van der Waals surface area contributed by atoms with E-state index in [1.165, 1.54) is 0 Å². The van der Waals surface area contributed by atoms with Gasteiger partial charge in [0.15, 0.2) is 0 Å². The van der Waals surface area contributed by atoms with Gasteiger partial charge >= 0.3 is 0 Å². The summed E-state index contributed by atoms with van der Waals surface area (Å²) < 4.78 is 6.39. The van der Waals surface area contributed by atoms with E-state index in [1.807, 2.05) is 6.07 Å². The Balaban J connectivity index is 1.73. The normalized spacial score (nSPS) is 23.1. The molecule has 4 nitrogen and oxygen atoms in total. The Bertz CT molecular complexity index is 422. The van der Waals surface area contributed by atoms with Crippen molar-refractivity contribution in [1.82, 2.24) is 10.3 Å². The minimum atomic E-state index is -0.104. The Morgan fingerprint density at radius 1 is 1.58 bits per heavy atom. The Morgan fingerprint density at radius 3 is 3.11 bits per heavy atom. The lowest BCUT2D eigenvalue weighted by molar-refractivity contribution is 0.00109. The van der Waals surface area contributed by atoms with Crippen molar-refractivity contribution in [3.63, 3.8) is 0 Å². The number of nitrogens with one attached hydrogen (secondary N) is 1. The second-order valence-corrected chi connectivity index (χ2v) is 5.89. The molecule has 1 aliphatic rings. The SMILES string of the molecule is C[C@H]1C[C@@H](CCNC(=O)c2ccc(Br)cn2)CCO1. The molecule has 0 aliphatic carbocycles. The first-order valence-corrected chi connectivity index (χ1v) is 7.46. The van der Waals surface area contributed by atoms with Crippen molar-refractivity contribution in [2.24, 2.45) is 5.92 Å². The molecule has 1 fully saturated rings. The van der Waals surface area contributed by atoms with Gasteiger partial charge in [0.25, 0.3) is 5.91 Å². The molecule has 19 heavy (non-hydrogen) atoms. The van der Waals surface area contributed by atoms with Gasteiger partial charge in [0.2, 0.25) is 0 Å². The zero-order valence-corrected chi connectivity index (χ0v) is 12.6. The van der Waals surface area contributed by atoms with Gasteiger partial charge < -0.3 is 10.1 Å². The summed E-state index contributed by atoms with van der Waals surface area (Å²) in [7, 11) is 0. The molecule has 2 atom stereocenters. The fourth-order valence-corrected chi connectivity index (χ4v) is 2.58. The second-order valence-electron chi connectivity index (χ2n) is 4.98. The summed E-state index contributed by atoms with van der Waals surface area (Å²) in [4.78, 5) is 15.9. The molecule has 2 heterocycles. The predicted molar refractivity (Wildman–Crippen MR) is 77.0 cm³/mol. The van der Waals surface area contributed by atoms with Crippen LogP contribution < -0.4 is 5.32 Å². The van der Waals surface area contributed by atoms with E-state index in [1.54, 1.807) is 12.3 Å². The summed E-state index contributed by atoms with van der Waals surface area (Å²) in [5.74, 6) is 0.550. The molecular formula is C14H19BrN2O2. The molecule has 104 valence electrons. The first-order chi connectivity index (χ1) is 9.15. The number of nitrogens with zero attached hydrogens (tertiary/aromatic N) is 1. The standard InChI is InChI=1S/C14H19BrN2O2/c1-10-8-11(5-7-19-10)4-6-16-14(18)13-3-2-12(15)9-17-13/h2-3,9-11H,4-8H2,1H3,(H,16,18)/t10-,11-/m0/s1. The molecule has 0 unspecified atom stereocenters. The van der Waals surface area contributed by atoms with Crippen LogP contribution in [0, 0.1) is 5.92 Å². The van der Waals surface area contributed by atoms with E-state index in [0.29, 0.717) is 24.3 Å². The molecule has 1 aromatic rings. The Morgan fingerprint density at radius 2 is 2.42 bits per heavy atom. The van der Waals surface area contributed by atoms with Crippen molar-refractivity contribution in [3.05, 3.63) is 28.5 Å². The van der Waals surface area contributed by atoms with E-state index in [0.717, 1.165) is 30.3 Å². The van der Waals surface area contributed by atoms with E-state index in [-0.39, 0.29) is 5.91 Å². The summed E-state index contributed by atoms with van der Waals surface area (Å²) in [5, 5.41) is 2.92. The number of carbonyl (C=O) groups excluding carboxylic acids is 1. The summed E-state index contributed by atoms with van der Waals surface area (Å²) in [5.41, 5.74) is 0.462. The van der Waals surface area contributed by atoms with Crippen LogP contribution in [0.3, 0.4) is 0 Å². The monoisotopic (exact) mass is 326 g/mol. The predicted octanol–water partition coefficient (Wildman–Crippen LogP) is 2.78. The highest BCUT2D eigenvalue weighted by atomic mass is 79.9. The second kappa shape index (κ2) is 7.01. The van der Waals surface area contributed by atoms with Crippen LogP contribution in [-0.4, -0.2) is 30.1 Å². The fourth-order valence-electron chi connectivity index (χ4n) is 2.34. The maximum Gasteiger partial charge on any atom is 0.269 e. The molecule has 0 spiro atoms. The van der Waals surface area contributed by atoms with Gasteiger partial charge in [-0.25, -0.2) is 4.98 Å². The molecule has 1 aromatic heterocycles. The zero-order chi connectivity index (χ0) is 13.7. The molecule has 1 saturated heterocycles. The van der Waals surface area contributed by atoms with Crippen LogP contribution in [0.15, 0.2) is 22.8 Å². The zero-order valence-electron chi connectivity index (χ0n) is 11.1. The molecule has 0 aromatic carbocycles. The largest absolute Gasteiger partial charge is 0.378 e. The van der Waals surface area contributed by atoms with E-state index in [2.05, 4.69) is 33.2 Å². The maximum atomic E-state index is 11.8. The molecule has 0 radical (unpaired) electrons. The molecule has 0 saturated carbocycles. The Labute approximate surface area is 122 Å². The van der Waals surface area contributed by atoms with Gasteiger partial charge in [0.05, 0.1) is 6.10 Å². The lowest BCUT2D eigenvalue weighted by Crippen LogP contribution is -2.29. The molecule has 1 aliphatic heterocycles. The number of pyridine rings is 1. The van der Waals surface area contributed by atoms with Gasteiger partial charge in [-0.1, -0.05) is 0 Å². The highest BCUT2D eigenvalue weighted by Crippen LogP contribution is 2.22. The summed E-state index contributed by atoms with van der Waals surface area (Å²) in [6.45, 7) is 3.65. The smallest absolute Gasteiger partial charge is 0.269 e. The molecule has 5 heteroatoms. The van der Waals surface area contributed by atoms with Gasteiger partial charge in [-0.15, -0.1) is 0 Å². The van der Waals surface area contributed by atoms with Crippen molar-refractivity contribution in [2.45, 2.75) is 32.3 Å². The number of amides is 1. The van der Waals surface area contributed by atoms with E-state index >= 15 is 0 Å². The van der Waals surface area contributed by atoms with Crippen molar-refractivity contribution in [2.75, 3.05) is 13.2 Å². The average Bonchev–Trinajstić information content (AvgIpc) is 2.39. The highest BCUT2D eigenvalue weighted by Gasteiger charge is 2.19. The number of aromatic nitrogens is 1. The van der Waals surface area contributed by atoms with Gasteiger partial charge in [-0.05, 0) is 60.2 Å². The van der Waals surface area contributed by atoms with Gasteiger partial charge in [0.1, 0.15) is 5.69 Å². The molecule has 2 rings (SSSR count). The fraction of sp³-hybridized carbons (Fsp3) is 0.571. The molecule has 0 bridgehead atoms. The lowest BCUT2D eigenvalue weighted by Gasteiger charge is -2.27. The lowest BCUT2D eigenvalue weighted by atomic mass is 9.93. The number of carbonyl (C=O) groups is 1. The van der Waals surface area contributed by atoms with Crippen LogP contribution >= 0.6 is 15.9 Å². The van der Waals surface area contributed by atoms with Crippen molar-refractivity contribution in [3.8, 4) is 0 Å². The van der Waals surface area contributed by atoms with Gasteiger partial charge in [-0.3, -0.25) is 4.79 Å². The maximum absolute atomic E-state index is 11.8. The van der Waals surface area contributed by atoms with Crippen LogP contribution in [0.5, 0.6) is 0 Å². The molecular weight excluding hydrogens is 308 g/mol. The average molecular weight is 327 g/mol. The first-order valence-electron chi connectivity index (χ1n) is 6.66. The number of rotatable bonds is 4. The number of halogens is 1. The van der Waals surface area contributed by atoms with Crippen LogP contribution in [0.2, 0.25) is 0 Å². The number of hydrogen-bond acceptors (Lipinski definition) is 3. The Kier molecular flexibility index (Phi) is 5.34. The Hall–Kier alpha value is -0.940. The van der Waals surface area contributed by atoms with E-state index < -0.39 is 0 Å². The first kappa shape index (κ1) is 14.5. The van der Waals surface area contributed by atoms with Crippen LogP contribution in [0.1, 0.15) is 36.7 Å². The van der Waals surface area contributed by atoms with Crippen LogP contribution in [-0.2, 0) is 4.74 Å². The third kappa shape index (κ3) is 4.58. The highest BCUT2D eigenvalue weighted by molar-refractivity contribution is 9.10. The third-order valence-electron chi connectivity index (χ3n) is 3.39. The van der Waals surface area contributed by atoms with Crippen molar-refractivity contribution >= 4 is 21.8 Å². The van der Waals surface area contributed by atoms with Crippen molar-refractivity contribution < 1.29 is 9.53 Å². The minimum Gasteiger partial charge on any atom is -0.378 e. The summed E-state index contributed by atoms with van der Waals surface area (Å²) >= 11 is 3.30. The molecule has 1 N–H and O–H groups in total. The van der Waals surface area contributed by atoms with Gasteiger partial charge in [0, 0.05) is 23.8 Å². The van der Waals surface area contributed by atoms with Crippen molar-refractivity contribution in [1.29, 1.82) is 0 Å². The van der Waals surface area contributed by atoms with Crippen LogP contribution in [0.25, 0.3) is 0 Å².